The number of carboxylic acid groups (broad SMARTS) is 1. The molecule has 0 aliphatic rings. The molecule has 0 aliphatic heterocycles. The van der Waals surface area contributed by atoms with Crippen LogP contribution in [0, 0.1) is 40.5 Å². The van der Waals surface area contributed by atoms with Crippen molar-refractivity contribution in [2.75, 3.05) is 27.9 Å². The number of phenols is 4. The Labute approximate surface area is 397 Å². The van der Waals surface area contributed by atoms with E-state index >= 15 is 0 Å². The smallest absolute Gasteiger partial charge is 0.341 e. The van der Waals surface area contributed by atoms with Gasteiger partial charge in [0.05, 0.1) is 64.7 Å². The molecule has 0 radical (unpaired) electrons. The molecule has 0 saturated heterocycles. The molecule has 0 spiro atoms. The molecule has 4 rings (SSSR count). The Kier molecular flexibility index (Phi) is 23.3. The maximum absolute atomic E-state index is 12.2. The van der Waals surface area contributed by atoms with Gasteiger partial charge in [-0.2, -0.15) is 0 Å². The molecule has 0 aliphatic carbocycles. The number of nitrogens with one attached hydrogen (secondary N) is 1. The Morgan fingerprint density at radius 1 is 0.629 bits per heavy atom. The first-order chi connectivity index (χ1) is 32.7. The van der Waals surface area contributed by atoms with Gasteiger partial charge in [-0.05, 0) is 45.0 Å². The summed E-state index contributed by atoms with van der Waals surface area (Å²) in [7, 11) is 4.04. The van der Waals surface area contributed by atoms with Crippen LogP contribution in [0.2, 0.25) is 0 Å². The summed E-state index contributed by atoms with van der Waals surface area (Å²) in [4.78, 5) is 85.1. The molecule has 0 bridgehead atoms. The standard InChI is InChI=1S/C14H21N3O5.C11H16N2O4.C9H7NO7.C8H7NO5/c1-8(2)16(14(19)9(3)15)7-10-11(17(20)21)5-6-12(22-4)13(10)18;1-7(2)12-6-8-9(13(15)16)4-5-10(17-3)11(8)14;11-3-5-6(10(15)16)1-2-7(9(5)14)17-4-8(12)13;1-14-7-3-2-6(9(12)13)5(4-10)8(7)11/h5-6,8-9,18H,7,15H2,1-4H3;4-5,7,12,14H,6H2,1-3H3;1-3,14H,4H2,(H,12,13);2-4,11H,1H3/t9-;;;/m0.../s1. The molecular weight excluding hydrogens is 938 g/mol. The topological polar surface area (TPSA) is 420 Å². The third kappa shape index (κ3) is 16.2. The lowest BCUT2D eigenvalue weighted by Crippen LogP contribution is -2.45. The monoisotopic (exact) mass is 989 g/mol. The summed E-state index contributed by atoms with van der Waals surface area (Å²) >= 11 is 0. The van der Waals surface area contributed by atoms with Gasteiger partial charge >= 0.3 is 5.97 Å². The Hall–Kier alpha value is -8.92. The van der Waals surface area contributed by atoms with Crippen LogP contribution in [0.5, 0.6) is 46.0 Å². The zero-order chi connectivity index (χ0) is 53.7. The fourth-order valence-electron chi connectivity index (χ4n) is 5.59. The average molecular weight is 990 g/mol. The highest BCUT2D eigenvalue weighted by Crippen LogP contribution is 2.39. The molecule has 1 atom stereocenters. The number of aromatic hydroxyl groups is 4. The summed E-state index contributed by atoms with van der Waals surface area (Å²) in [6, 6.07) is 8.74. The van der Waals surface area contributed by atoms with Gasteiger partial charge in [0.25, 0.3) is 22.7 Å². The second-order valence-corrected chi connectivity index (χ2v) is 14.5. The van der Waals surface area contributed by atoms with Crippen LogP contribution in [0.3, 0.4) is 0 Å². The average Bonchev–Trinajstić information content (AvgIpc) is 3.29. The molecule has 0 heterocycles. The first-order valence-electron chi connectivity index (χ1n) is 19.9. The summed E-state index contributed by atoms with van der Waals surface area (Å²) in [5.41, 5.74) is 3.51. The van der Waals surface area contributed by atoms with Gasteiger partial charge in [-0.25, -0.2) is 4.79 Å². The summed E-state index contributed by atoms with van der Waals surface area (Å²) in [6.07, 6.45) is 0.317. The molecule has 4 aromatic carbocycles. The second-order valence-electron chi connectivity index (χ2n) is 14.5. The van der Waals surface area contributed by atoms with Crippen LogP contribution in [0.15, 0.2) is 48.5 Å². The van der Waals surface area contributed by atoms with E-state index in [4.69, 9.17) is 25.1 Å². The molecule has 0 fully saturated rings. The van der Waals surface area contributed by atoms with E-state index in [2.05, 4.69) is 10.1 Å². The fraction of sp³-hybridized carbons (Fsp3) is 0.333. The van der Waals surface area contributed by atoms with E-state index in [0.717, 1.165) is 18.2 Å². The maximum atomic E-state index is 12.2. The van der Waals surface area contributed by atoms with Gasteiger partial charge in [0.2, 0.25) is 5.91 Å². The summed E-state index contributed by atoms with van der Waals surface area (Å²) in [5.74, 6) is -3.38. The minimum atomic E-state index is -1.28. The number of ether oxygens (including phenoxy) is 4. The Bertz CT molecular complexity index is 2550. The summed E-state index contributed by atoms with van der Waals surface area (Å²) in [6.45, 7) is 8.27. The first-order valence-corrected chi connectivity index (χ1v) is 19.9. The van der Waals surface area contributed by atoms with Crippen molar-refractivity contribution in [3.8, 4) is 46.0 Å². The van der Waals surface area contributed by atoms with Crippen LogP contribution < -0.4 is 30.0 Å². The molecule has 0 aromatic heterocycles. The van der Waals surface area contributed by atoms with E-state index in [1.807, 2.05) is 13.8 Å². The molecular formula is C42H51N7O21. The highest BCUT2D eigenvalue weighted by molar-refractivity contribution is 5.88. The predicted molar refractivity (Wildman–Crippen MR) is 244 cm³/mol. The third-order valence-corrected chi connectivity index (χ3v) is 9.10. The lowest BCUT2D eigenvalue weighted by Gasteiger charge is -2.28. The van der Waals surface area contributed by atoms with Crippen LogP contribution in [-0.4, -0.2) is 121 Å². The number of methoxy groups -OCH3 is 3. The molecule has 380 valence electrons. The van der Waals surface area contributed by atoms with E-state index in [-0.39, 0.29) is 106 Å². The fourth-order valence-corrected chi connectivity index (χ4v) is 5.59. The van der Waals surface area contributed by atoms with Crippen molar-refractivity contribution in [3.63, 3.8) is 0 Å². The Morgan fingerprint density at radius 3 is 1.33 bits per heavy atom. The van der Waals surface area contributed by atoms with Gasteiger partial charge in [0, 0.05) is 42.9 Å². The van der Waals surface area contributed by atoms with Crippen LogP contribution in [0.25, 0.3) is 0 Å². The molecule has 0 unspecified atom stereocenters. The van der Waals surface area contributed by atoms with Gasteiger partial charge in [0.1, 0.15) is 11.1 Å². The van der Waals surface area contributed by atoms with Crippen LogP contribution in [-0.2, 0) is 22.7 Å². The summed E-state index contributed by atoms with van der Waals surface area (Å²) < 4.78 is 19.2. The number of hydrogen-bond acceptors (Lipinski definition) is 22. The van der Waals surface area contributed by atoms with E-state index in [9.17, 15) is 80.1 Å². The minimum Gasteiger partial charge on any atom is -0.504 e. The largest absolute Gasteiger partial charge is 0.504 e. The predicted octanol–water partition coefficient (Wildman–Crippen LogP) is 4.90. The zero-order valence-electron chi connectivity index (χ0n) is 38.7. The maximum Gasteiger partial charge on any atom is 0.341 e. The molecule has 28 heteroatoms. The molecule has 28 nitrogen and oxygen atoms in total. The molecule has 0 saturated carbocycles. The first kappa shape index (κ1) is 59.1. The number of carbonyl (C=O) groups is 4. The van der Waals surface area contributed by atoms with Gasteiger partial charge in [-0.1, -0.05) is 13.8 Å². The Balaban J connectivity index is 0.000000472. The number of nitro groups is 4. The highest BCUT2D eigenvalue weighted by atomic mass is 16.6. The summed E-state index contributed by atoms with van der Waals surface area (Å²) in [5, 5.41) is 93.2. The van der Waals surface area contributed by atoms with Gasteiger partial charge in [-0.3, -0.25) is 54.8 Å². The molecule has 4 aromatic rings. The number of nitrogens with two attached hydrogens (primary N) is 1. The SMILES string of the molecule is COc1ccc([N+](=O)[O-])c(C=O)c1O.COc1ccc([N+](=O)[O-])c(CN(C(=O)[C@H](C)N)C(C)C)c1O.COc1ccc([N+](=O)[O-])c(CNC(C)C)c1O.O=Cc1c([N+](=O)[O-])ccc(OCC(=O)O)c1O. The molecule has 70 heavy (non-hydrogen) atoms. The number of nitro benzene ring substituents is 4. The van der Waals surface area contributed by atoms with Crippen molar-refractivity contribution in [2.24, 2.45) is 5.73 Å². The number of aldehydes is 2. The number of benzene rings is 4. The quantitative estimate of drug-likeness (QED) is 0.0373. The normalized spacial score (nSPS) is 10.6. The van der Waals surface area contributed by atoms with Crippen molar-refractivity contribution in [3.05, 3.63) is 111 Å². The number of nitrogens with zero attached hydrogens (tertiary/aromatic N) is 5. The van der Waals surface area contributed by atoms with Crippen molar-refractivity contribution in [1.29, 1.82) is 0 Å². The van der Waals surface area contributed by atoms with Crippen LogP contribution in [0.4, 0.5) is 22.7 Å². The lowest BCUT2D eigenvalue weighted by molar-refractivity contribution is -0.385. The van der Waals surface area contributed by atoms with Gasteiger partial charge < -0.3 is 60.4 Å². The van der Waals surface area contributed by atoms with Crippen molar-refractivity contribution in [2.45, 2.75) is 65.8 Å². The van der Waals surface area contributed by atoms with E-state index in [1.54, 1.807) is 13.8 Å². The third-order valence-electron chi connectivity index (χ3n) is 9.10. The number of phenolic OH excluding ortho intramolecular Hbond substituents is 4. The van der Waals surface area contributed by atoms with Gasteiger partial charge in [0.15, 0.2) is 65.2 Å². The number of hydrogen-bond donors (Lipinski definition) is 7. The number of rotatable bonds is 19. The number of carboxylic acids is 1. The Morgan fingerprint density at radius 2 is 0.986 bits per heavy atom. The zero-order valence-corrected chi connectivity index (χ0v) is 38.7. The number of aliphatic carboxylic acids is 1. The van der Waals surface area contributed by atoms with E-state index in [0.29, 0.717) is 0 Å². The van der Waals surface area contributed by atoms with Gasteiger partial charge in [-0.15, -0.1) is 0 Å². The van der Waals surface area contributed by atoms with Crippen LogP contribution >= 0.6 is 0 Å². The van der Waals surface area contributed by atoms with Crippen molar-refractivity contribution >= 4 is 47.2 Å². The second kappa shape index (κ2) is 27.7. The van der Waals surface area contributed by atoms with E-state index < -0.39 is 66.7 Å². The van der Waals surface area contributed by atoms with Crippen molar-refractivity contribution < 1.29 is 83.4 Å². The van der Waals surface area contributed by atoms with Crippen LogP contribution in [0.1, 0.15) is 66.5 Å². The van der Waals surface area contributed by atoms with E-state index in [1.165, 1.54) is 63.5 Å². The highest BCUT2D eigenvalue weighted by Gasteiger charge is 2.28. The number of amides is 1. The molecule has 1 amide bonds. The minimum absolute atomic E-state index is 0.0204. The molecule has 8 N–H and O–H groups in total. The number of carbonyl (C=O) groups excluding carboxylic acids is 3. The lowest BCUT2D eigenvalue weighted by atomic mass is 10.1. The van der Waals surface area contributed by atoms with Crippen molar-refractivity contribution in [1.82, 2.24) is 10.2 Å².